The van der Waals surface area contributed by atoms with Crippen molar-refractivity contribution in [2.45, 2.75) is 32.4 Å². The lowest BCUT2D eigenvalue weighted by atomic mass is 10.1. The van der Waals surface area contributed by atoms with Crippen molar-refractivity contribution in [1.82, 2.24) is 10.6 Å². The van der Waals surface area contributed by atoms with Crippen LogP contribution in [-0.4, -0.2) is 17.5 Å². The summed E-state index contributed by atoms with van der Waals surface area (Å²) in [4.78, 5) is 21.6. The van der Waals surface area contributed by atoms with Crippen LogP contribution in [0.4, 0.5) is 0 Å². The van der Waals surface area contributed by atoms with Gasteiger partial charge in [-0.2, -0.15) is 0 Å². The molecule has 1 saturated heterocycles. The third-order valence-corrected chi connectivity index (χ3v) is 2.12. The molecule has 0 spiro atoms. The summed E-state index contributed by atoms with van der Waals surface area (Å²) in [7, 11) is 0. The van der Waals surface area contributed by atoms with Gasteiger partial charge in [0.15, 0.2) is 0 Å². The summed E-state index contributed by atoms with van der Waals surface area (Å²) in [5, 5.41) is 5.23. The molecule has 0 saturated carbocycles. The van der Waals surface area contributed by atoms with E-state index in [9.17, 15) is 9.59 Å². The van der Waals surface area contributed by atoms with Gasteiger partial charge in [-0.25, -0.2) is 0 Å². The molecule has 1 aliphatic heterocycles. The molecule has 1 rings (SSSR count). The summed E-state index contributed by atoms with van der Waals surface area (Å²) >= 11 is 0. The maximum Gasteiger partial charge on any atom is 0.311 e. The number of carbonyl (C=O) groups excluding carboxylic acids is 2. The van der Waals surface area contributed by atoms with Crippen molar-refractivity contribution in [3.8, 4) is 0 Å². The first-order valence-electron chi connectivity index (χ1n) is 3.78. The Morgan fingerprint density at radius 1 is 1.09 bits per heavy atom. The number of rotatable bonds is 2. The second-order valence-electron chi connectivity index (χ2n) is 2.70. The lowest BCUT2D eigenvalue weighted by Gasteiger charge is -2.25. The number of amides is 2. The number of carbonyl (C=O) groups is 2. The van der Waals surface area contributed by atoms with Gasteiger partial charge >= 0.3 is 11.8 Å². The van der Waals surface area contributed by atoms with E-state index in [-0.39, 0.29) is 0 Å². The molecular formula is C7H12N2O2. The van der Waals surface area contributed by atoms with Gasteiger partial charge in [-0.1, -0.05) is 13.8 Å². The molecule has 0 aliphatic carbocycles. The third-order valence-electron chi connectivity index (χ3n) is 2.12. The molecule has 1 aliphatic rings. The molecule has 0 atom stereocenters. The number of hydrogen-bond acceptors (Lipinski definition) is 2. The van der Waals surface area contributed by atoms with Crippen molar-refractivity contribution in [3.05, 3.63) is 0 Å². The van der Waals surface area contributed by atoms with E-state index in [0.29, 0.717) is 0 Å². The zero-order valence-electron chi connectivity index (χ0n) is 6.73. The van der Waals surface area contributed by atoms with E-state index < -0.39 is 17.5 Å². The van der Waals surface area contributed by atoms with E-state index in [1.807, 2.05) is 13.8 Å². The Balaban J connectivity index is 2.76. The van der Waals surface area contributed by atoms with Gasteiger partial charge in [-0.05, 0) is 12.8 Å². The Labute approximate surface area is 65.3 Å². The van der Waals surface area contributed by atoms with Crippen LogP contribution in [0.25, 0.3) is 0 Å². The average Bonchev–Trinajstić information content (AvgIpc) is 2.29. The number of nitrogens with one attached hydrogen (secondary N) is 2. The smallest absolute Gasteiger partial charge is 0.311 e. The zero-order valence-corrected chi connectivity index (χ0v) is 6.73. The molecule has 1 heterocycles. The van der Waals surface area contributed by atoms with Crippen LogP contribution in [0, 0.1) is 0 Å². The first kappa shape index (κ1) is 8.04. The Morgan fingerprint density at radius 3 is 1.64 bits per heavy atom. The molecule has 1 fully saturated rings. The van der Waals surface area contributed by atoms with Gasteiger partial charge < -0.3 is 10.6 Å². The molecule has 2 N–H and O–H groups in total. The van der Waals surface area contributed by atoms with Crippen LogP contribution in [0.5, 0.6) is 0 Å². The molecule has 2 amide bonds. The van der Waals surface area contributed by atoms with Crippen LogP contribution < -0.4 is 10.6 Å². The summed E-state index contributed by atoms with van der Waals surface area (Å²) in [5.41, 5.74) is -0.478. The van der Waals surface area contributed by atoms with E-state index in [1.165, 1.54) is 0 Å². The molecule has 0 radical (unpaired) electrons. The van der Waals surface area contributed by atoms with Crippen LogP contribution in [0.15, 0.2) is 0 Å². The van der Waals surface area contributed by atoms with E-state index in [4.69, 9.17) is 0 Å². The summed E-state index contributed by atoms with van der Waals surface area (Å²) in [6, 6.07) is 0. The Morgan fingerprint density at radius 2 is 1.45 bits per heavy atom. The van der Waals surface area contributed by atoms with Crippen molar-refractivity contribution >= 4 is 11.8 Å². The highest BCUT2D eigenvalue weighted by Gasteiger charge is 2.39. The van der Waals surface area contributed by atoms with E-state index in [0.717, 1.165) is 12.8 Å². The maximum atomic E-state index is 10.8. The summed E-state index contributed by atoms with van der Waals surface area (Å²) < 4.78 is 0. The first-order valence-corrected chi connectivity index (χ1v) is 3.78. The van der Waals surface area contributed by atoms with E-state index in [2.05, 4.69) is 10.6 Å². The van der Waals surface area contributed by atoms with Crippen LogP contribution in [0.1, 0.15) is 26.7 Å². The first-order chi connectivity index (χ1) is 5.13. The van der Waals surface area contributed by atoms with Gasteiger partial charge in [0.25, 0.3) is 0 Å². The van der Waals surface area contributed by atoms with Gasteiger partial charge in [0.2, 0.25) is 0 Å². The van der Waals surface area contributed by atoms with Crippen LogP contribution in [0.2, 0.25) is 0 Å². The van der Waals surface area contributed by atoms with Crippen LogP contribution in [0.3, 0.4) is 0 Å². The molecule has 0 aromatic heterocycles. The minimum absolute atomic E-state index is 0.478. The SMILES string of the molecule is CCC1(CC)NC(=O)C(=O)N1. The van der Waals surface area contributed by atoms with E-state index in [1.54, 1.807) is 0 Å². The Kier molecular flexibility index (Phi) is 1.85. The minimum atomic E-state index is -0.520. The summed E-state index contributed by atoms with van der Waals surface area (Å²) in [6.07, 6.45) is 1.45. The summed E-state index contributed by atoms with van der Waals surface area (Å²) in [6.45, 7) is 3.85. The van der Waals surface area contributed by atoms with Gasteiger partial charge in [-0.15, -0.1) is 0 Å². The lowest BCUT2D eigenvalue weighted by molar-refractivity contribution is -0.135. The molecule has 0 bridgehead atoms. The van der Waals surface area contributed by atoms with Gasteiger partial charge in [0.05, 0.1) is 0 Å². The molecule has 0 aromatic rings. The number of hydrogen-bond donors (Lipinski definition) is 2. The largest absolute Gasteiger partial charge is 0.325 e. The molecule has 4 nitrogen and oxygen atoms in total. The van der Waals surface area contributed by atoms with Crippen molar-refractivity contribution in [2.24, 2.45) is 0 Å². The highest BCUT2D eigenvalue weighted by molar-refractivity contribution is 6.37. The molecule has 62 valence electrons. The lowest BCUT2D eigenvalue weighted by Crippen LogP contribution is -2.48. The van der Waals surface area contributed by atoms with Gasteiger partial charge in [0, 0.05) is 0 Å². The molecule has 4 heteroatoms. The van der Waals surface area contributed by atoms with Crippen LogP contribution in [-0.2, 0) is 9.59 Å². The monoisotopic (exact) mass is 156 g/mol. The zero-order chi connectivity index (χ0) is 8.48. The fraction of sp³-hybridized carbons (Fsp3) is 0.714. The molecular weight excluding hydrogens is 144 g/mol. The topological polar surface area (TPSA) is 58.2 Å². The highest BCUT2D eigenvalue weighted by Crippen LogP contribution is 2.14. The highest BCUT2D eigenvalue weighted by atomic mass is 16.2. The predicted octanol–water partition coefficient (Wildman–Crippen LogP) is -0.251. The van der Waals surface area contributed by atoms with Crippen LogP contribution >= 0.6 is 0 Å². The fourth-order valence-corrected chi connectivity index (χ4v) is 1.18. The van der Waals surface area contributed by atoms with Gasteiger partial charge in [0.1, 0.15) is 5.66 Å². The van der Waals surface area contributed by atoms with Crippen molar-refractivity contribution in [2.75, 3.05) is 0 Å². The van der Waals surface area contributed by atoms with Crippen molar-refractivity contribution in [1.29, 1.82) is 0 Å². The maximum absolute atomic E-state index is 10.8. The molecule has 0 aromatic carbocycles. The minimum Gasteiger partial charge on any atom is -0.325 e. The standard InChI is InChI=1S/C7H12N2O2/c1-3-7(4-2)8-5(10)6(11)9-7/h3-4H2,1-2H3,(H,8,10)(H,9,11). The van der Waals surface area contributed by atoms with Crippen molar-refractivity contribution < 1.29 is 9.59 Å². The fourth-order valence-electron chi connectivity index (χ4n) is 1.18. The Hall–Kier alpha value is -1.06. The second kappa shape index (κ2) is 2.53. The predicted molar refractivity (Wildman–Crippen MR) is 39.6 cm³/mol. The van der Waals surface area contributed by atoms with Crippen molar-refractivity contribution in [3.63, 3.8) is 0 Å². The Bertz CT molecular complexity index is 179. The average molecular weight is 156 g/mol. The molecule has 11 heavy (non-hydrogen) atoms. The third kappa shape index (κ3) is 1.20. The summed E-state index contributed by atoms with van der Waals surface area (Å²) in [5.74, 6) is -1.04. The quantitative estimate of drug-likeness (QED) is 0.541. The van der Waals surface area contributed by atoms with Gasteiger partial charge in [-0.3, -0.25) is 9.59 Å². The normalized spacial score (nSPS) is 21.3. The van der Waals surface area contributed by atoms with E-state index >= 15 is 0 Å². The molecule has 0 unspecified atom stereocenters. The second-order valence-corrected chi connectivity index (χ2v) is 2.70.